The van der Waals surface area contributed by atoms with Crippen LogP contribution in [0.25, 0.3) is 0 Å². The van der Waals surface area contributed by atoms with E-state index < -0.39 is 35.2 Å². The molecule has 4 aromatic heterocycles. The number of ether oxygens (including phenoxy) is 2. The zero-order valence-electron chi connectivity index (χ0n) is 49.8. The van der Waals surface area contributed by atoms with E-state index in [9.17, 15) is 0 Å². The number of halogens is 1. The van der Waals surface area contributed by atoms with Gasteiger partial charge in [0, 0.05) is 110 Å². The third-order valence-corrected chi connectivity index (χ3v) is 17.1. The highest BCUT2D eigenvalue weighted by Crippen LogP contribution is 2.44. The molecule has 9 fully saturated rings. The van der Waals surface area contributed by atoms with Crippen LogP contribution in [0.15, 0.2) is 77.8 Å². The molecular weight excluding hydrogens is 977 g/mol. The molecule has 9 saturated heterocycles. The third-order valence-electron chi connectivity index (χ3n) is 16.6. The molecular formula is C52H74B3BrN8O8. The van der Waals surface area contributed by atoms with Gasteiger partial charge in [0.25, 0.3) is 0 Å². The summed E-state index contributed by atoms with van der Waals surface area (Å²) in [6.45, 7) is 29.8. The molecule has 0 saturated carbocycles. The van der Waals surface area contributed by atoms with E-state index in [0.29, 0.717) is 24.2 Å². The summed E-state index contributed by atoms with van der Waals surface area (Å²) in [5.41, 5.74) is 0.868. The van der Waals surface area contributed by atoms with Gasteiger partial charge in [-0.25, -0.2) is 19.9 Å². The van der Waals surface area contributed by atoms with Crippen molar-refractivity contribution in [2.75, 3.05) is 50.1 Å². The average molecular weight is 1060 g/mol. The molecule has 4 aromatic rings. The van der Waals surface area contributed by atoms with E-state index >= 15 is 0 Å². The maximum absolute atomic E-state index is 7.18. The van der Waals surface area contributed by atoms with Gasteiger partial charge in [-0.15, -0.1) is 0 Å². The van der Waals surface area contributed by atoms with Crippen molar-refractivity contribution < 1.29 is 45.6 Å². The fraction of sp³-hybridized carbons (Fsp3) is 0.615. The Labute approximate surface area is 445 Å². The van der Waals surface area contributed by atoms with Crippen molar-refractivity contribution in [2.45, 2.75) is 167 Å². The highest BCUT2D eigenvalue weighted by atomic mass is 79.9. The Morgan fingerprint density at radius 3 is 1.24 bits per heavy atom. The average Bonchev–Trinajstić information content (AvgIpc) is 3.94. The first-order valence-corrected chi connectivity index (χ1v) is 25.9. The van der Waals surface area contributed by atoms with Crippen molar-refractivity contribution in [3.05, 3.63) is 88.9 Å². The molecule has 0 amide bonds. The monoisotopic (exact) mass is 1060 g/mol. The van der Waals surface area contributed by atoms with E-state index in [2.05, 4.69) is 90.3 Å². The lowest BCUT2D eigenvalue weighted by atomic mass is 9.49. The minimum Gasteiger partial charge on any atom is -0.481 e. The van der Waals surface area contributed by atoms with Gasteiger partial charge >= 0.3 is 21.1 Å². The molecule has 0 spiro atoms. The summed E-state index contributed by atoms with van der Waals surface area (Å²) in [5.74, 6) is 2.25. The van der Waals surface area contributed by atoms with Gasteiger partial charge in [-0.2, -0.15) is 0 Å². The lowest BCUT2D eigenvalue weighted by Crippen LogP contribution is -2.68. The molecule has 9 aliphatic heterocycles. The molecule has 16 nitrogen and oxygen atoms in total. The van der Waals surface area contributed by atoms with Crippen molar-refractivity contribution >= 4 is 54.2 Å². The van der Waals surface area contributed by atoms with Gasteiger partial charge < -0.3 is 47.2 Å². The molecule has 0 N–H and O–H groups in total. The van der Waals surface area contributed by atoms with E-state index in [4.69, 9.17) is 50.6 Å². The number of piperazine rings is 2. The lowest BCUT2D eigenvalue weighted by Gasteiger charge is -2.56. The topological polar surface area (TPSA) is 138 Å². The molecule has 4 atom stereocenters. The van der Waals surface area contributed by atoms with Crippen LogP contribution in [-0.2, 0) is 41.0 Å². The van der Waals surface area contributed by atoms with Crippen molar-refractivity contribution in [3.63, 3.8) is 0 Å². The molecule has 0 aromatic carbocycles. The molecule has 20 heteroatoms. The molecule has 9 aliphatic rings. The van der Waals surface area contributed by atoms with Crippen LogP contribution in [0.5, 0.6) is 11.8 Å². The zero-order chi connectivity index (χ0) is 56.6. The smallest absolute Gasteiger partial charge is 0.481 e. The Morgan fingerprint density at radius 1 is 0.514 bits per heavy atom. The summed E-state index contributed by atoms with van der Waals surface area (Å²) in [4.78, 5) is 27.1. The van der Waals surface area contributed by atoms with E-state index in [1.54, 1.807) is 24.5 Å². The number of methoxy groups -OCH3 is 2. The van der Waals surface area contributed by atoms with Crippen LogP contribution < -0.4 is 24.7 Å². The summed E-state index contributed by atoms with van der Waals surface area (Å²) in [5, 5.41) is 0. The van der Waals surface area contributed by atoms with Crippen LogP contribution in [0.4, 0.5) is 11.6 Å². The molecule has 13 heterocycles. The first kappa shape index (κ1) is 45.5. The van der Waals surface area contributed by atoms with Crippen molar-refractivity contribution in [1.29, 1.82) is 0 Å². The first-order valence-electron chi connectivity index (χ1n) is 28.1. The Bertz CT molecular complexity index is 2610. The molecule has 4 unspecified atom stereocenters. The van der Waals surface area contributed by atoms with E-state index in [1.807, 2.05) is 92.0 Å². The minimum atomic E-state index is -2.48. The second kappa shape index (κ2) is 20.0. The number of fused-ring (bicyclic) bond motifs is 4. The molecule has 4 bridgehead atoms. The van der Waals surface area contributed by atoms with Crippen molar-refractivity contribution in [2.24, 2.45) is 0 Å². The Kier molecular flexibility index (Phi) is 12.7. The number of rotatable bonds is 10. The summed E-state index contributed by atoms with van der Waals surface area (Å²) in [7, 11) is -6.30. The first-order chi connectivity index (χ1) is 36.2. The van der Waals surface area contributed by atoms with Crippen LogP contribution in [0.2, 0.25) is 0 Å². The number of hydrogen-bond acceptors (Lipinski definition) is 16. The molecule has 13 rings (SSSR count). The van der Waals surface area contributed by atoms with E-state index in [1.165, 1.54) is 12.8 Å². The third kappa shape index (κ3) is 10.8. The van der Waals surface area contributed by atoms with E-state index in [0.717, 1.165) is 72.0 Å². The predicted octanol–water partition coefficient (Wildman–Crippen LogP) is 7.21. The van der Waals surface area contributed by atoms with Crippen LogP contribution >= 0.6 is 15.9 Å². The normalized spacial score (nSPS) is 28.5. The highest BCUT2D eigenvalue weighted by Gasteiger charge is 2.64. The van der Waals surface area contributed by atoms with Crippen molar-refractivity contribution in [1.82, 2.24) is 29.7 Å². The molecule has 0 aliphatic carbocycles. The maximum atomic E-state index is 7.18. The fourth-order valence-electron chi connectivity index (χ4n) is 10.1. The number of aromatic nitrogens is 4. The summed E-state index contributed by atoms with van der Waals surface area (Å²) in [6.07, 6.45) is 9.48. The van der Waals surface area contributed by atoms with Gasteiger partial charge in [-0.3, -0.25) is 9.80 Å². The standard InChI is InChI=1S/C23H31BN4O3.C17H19BrN4O.C12H24B2O4/c1-22(2)23(3,4)31-24(30-22)17-7-8-20(25-12-17)27-14-18-10-19(15-27)28(18)13-16-6-9-21(29-5)26-11-16;1-23-17-5-2-12(7-20-17)9-22-14-6-15(22)11-21(10-14)16-4-3-13(18)8-19-16;1-9(2)10(3,4)16-13(15-9)14-17-11(5,6)12(7,8)18-14/h6-9,11-12,18-19H,10,13-15H2,1-5H3;2-5,7-8,14-15H,6,9-11H2,1H3;1-8H3/i5D3;1D3;. The van der Waals surface area contributed by atoms with Gasteiger partial charge in [-0.05, 0) is 141 Å². The molecule has 72 heavy (non-hydrogen) atoms. The largest absolute Gasteiger partial charge is 0.496 e. The number of nitrogens with zero attached hydrogens (tertiary/aromatic N) is 8. The number of anilines is 2. The Hall–Kier alpha value is -3.85. The highest BCUT2D eigenvalue weighted by molar-refractivity contribution is 9.10. The minimum absolute atomic E-state index is 0.119. The van der Waals surface area contributed by atoms with Crippen LogP contribution in [0.1, 0.15) is 115 Å². The predicted molar refractivity (Wildman–Crippen MR) is 286 cm³/mol. The van der Waals surface area contributed by atoms with Crippen LogP contribution in [0.3, 0.4) is 0 Å². The van der Waals surface area contributed by atoms with Crippen LogP contribution in [0, 0.1) is 0 Å². The quantitative estimate of drug-likeness (QED) is 0.148. The SMILES string of the molecule is CC1(C)OB(B2OC(C)(C)C(C)(C)O2)OC1(C)C.[2H]C([2H])([2H])Oc1ccc(CN2C3CC2CN(c2ccc(B4OC(C)(C)C(C)(C)O4)cn2)C3)cn1.[2H]C([2H])([2H])Oc1ccc(CN2C3CC2CN(c2ccc(Br)cn2)C3)cn1. The van der Waals surface area contributed by atoms with Gasteiger partial charge in [0.1, 0.15) is 11.6 Å². The van der Waals surface area contributed by atoms with Gasteiger partial charge in [0.2, 0.25) is 11.8 Å². The second-order valence-corrected chi connectivity index (χ2v) is 24.0. The summed E-state index contributed by atoms with van der Waals surface area (Å²) in [6, 6.07) is 17.1. The molecule has 386 valence electrons. The Balaban J connectivity index is 0.000000149. The van der Waals surface area contributed by atoms with Crippen molar-refractivity contribution in [3.8, 4) is 11.8 Å². The fourth-order valence-corrected chi connectivity index (χ4v) is 10.3. The van der Waals surface area contributed by atoms with Gasteiger partial charge in [-0.1, -0.05) is 18.2 Å². The maximum Gasteiger partial charge on any atom is 0.496 e. The lowest BCUT2D eigenvalue weighted by molar-refractivity contribution is -0.00879. The van der Waals surface area contributed by atoms with Gasteiger partial charge in [0.05, 0.1) is 55.9 Å². The second-order valence-electron chi connectivity index (χ2n) is 23.1. The van der Waals surface area contributed by atoms with E-state index in [-0.39, 0.29) is 45.4 Å². The number of piperidine rings is 2. The van der Waals surface area contributed by atoms with Gasteiger partial charge in [0.15, 0.2) is 0 Å². The Morgan fingerprint density at radius 2 is 0.903 bits per heavy atom. The zero-order valence-corrected chi connectivity index (χ0v) is 45.4. The summed E-state index contributed by atoms with van der Waals surface area (Å²) < 4.78 is 89.6. The van der Waals surface area contributed by atoms with Crippen LogP contribution in [-0.4, -0.2) is 149 Å². The number of pyridine rings is 4. The molecule has 0 radical (unpaired) electrons. The summed E-state index contributed by atoms with van der Waals surface area (Å²) >= 11 is 3.42. The number of hydrogen-bond donors (Lipinski definition) is 0.